The molecule has 0 aliphatic carbocycles. The molecule has 9 nitrogen and oxygen atoms in total. The maximum absolute atomic E-state index is 13.3. The summed E-state index contributed by atoms with van der Waals surface area (Å²) in [4.78, 5) is 26.2. The minimum Gasteiger partial charge on any atom is -0.497 e. The van der Waals surface area contributed by atoms with Gasteiger partial charge in [0, 0.05) is 17.5 Å². The largest absolute Gasteiger partial charge is 0.497 e. The summed E-state index contributed by atoms with van der Waals surface area (Å²) >= 11 is 1.22. The number of nitrogens with zero attached hydrogens (tertiary/aromatic N) is 2. The molecule has 10 heteroatoms. The number of fused-ring (bicyclic) bond motifs is 1. The van der Waals surface area contributed by atoms with Crippen molar-refractivity contribution in [3.8, 4) is 27.8 Å². The van der Waals surface area contributed by atoms with E-state index < -0.39 is 11.9 Å². The van der Waals surface area contributed by atoms with Gasteiger partial charge in [-0.05, 0) is 42.0 Å². The zero-order valence-electron chi connectivity index (χ0n) is 19.3. The van der Waals surface area contributed by atoms with Gasteiger partial charge in [0.1, 0.15) is 16.8 Å². The van der Waals surface area contributed by atoms with E-state index in [9.17, 15) is 9.59 Å². The molecule has 0 bridgehead atoms. The van der Waals surface area contributed by atoms with Crippen molar-refractivity contribution >= 4 is 28.3 Å². The summed E-state index contributed by atoms with van der Waals surface area (Å²) in [6, 6.07) is 20.9. The van der Waals surface area contributed by atoms with Crippen molar-refractivity contribution < 1.29 is 23.8 Å². The van der Waals surface area contributed by atoms with Gasteiger partial charge in [-0.25, -0.2) is 0 Å². The molecule has 182 valence electrons. The van der Waals surface area contributed by atoms with Crippen molar-refractivity contribution in [3.63, 3.8) is 0 Å². The van der Waals surface area contributed by atoms with Gasteiger partial charge in [-0.3, -0.25) is 14.9 Å². The Bertz CT molecular complexity index is 1390. The van der Waals surface area contributed by atoms with Crippen LogP contribution in [0.4, 0.5) is 5.13 Å². The zero-order valence-corrected chi connectivity index (χ0v) is 20.1. The monoisotopic (exact) mass is 502 g/mol. The van der Waals surface area contributed by atoms with E-state index in [-0.39, 0.29) is 12.7 Å². The minimum atomic E-state index is -0.844. The smallest absolute Gasteiger partial charge is 0.252 e. The topological polar surface area (TPSA) is 112 Å². The molecule has 2 amide bonds. The van der Waals surface area contributed by atoms with Crippen LogP contribution in [0.5, 0.6) is 17.2 Å². The van der Waals surface area contributed by atoms with E-state index in [0.29, 0.717) is 39.4 Å². The highest BCUT2D eigenvalue weighted by molar-refractivity contribution is 7.18. The maximum Gasteiger partial charge on any atom is 0.252 e. The van der Waals surface area contributed by atoms with Crippen LogP contribution in [-0.2, 0) is 11.2 Å². The van der Waals surface area contributed by atoms with E-state index >= 15 is 0 Å². The van der Waals surface area contributed by atoms with Gasteiger partial charge in [-0.1, -0.05) is 47.7 Å². The molecule has 0 spiro atoms. The predicted molar refractivity (Wildman–Crippen MR) is 134 cm³/mol. The SMILES string of the molecule is COc1cccc(C(=O)NC(Cc2ccccc2)C(=O)Nc2nnc(-c3ccc4c(c3)OCO4)s2)c1. The molecule has 0 saturated heterocycles. The molecule has 2 N–H and O–H groups in total. The number of methoxy groups -OCH3 is 1. The molecule has 1 aliphatic rings. The van der Waals surface area contributed by atoms with Crippen LogP contribution in [0.15, 0.2) is 72.8 Å². The van der Waals surface area contributed by atoms with Gasteiger partial charge >= 0.3 is 0 Å². The Kier molecular flexibility index (Phi) is 6.76. The van der Waals surface area contributed by atoms with Gasteiger partial charge in [-0.2, -0.15) is 0 Å². The third-order valence-electron chi connectivity index (χ3n) is 5.51. The number of rotatable bonds is 8. The van der Waals surface area contributed by atoms with Crippen molar-refractivity contribution in [2.24, 2.45) is 0 Å². The number of carbonyl (C=O) groups is 2. The third-order valence-corrected chi connectivity index (χ3v) is 6.40. The van der Waals surface area contributed by atoms with Gasteiger partial charge in [0.2, 0.25) is 17.8 Å². The number of hydrogen-bond donors (Lipinski definition) is 2. The molecule has 0 saturated carbocycles. The van der Waals surface area contributed by atoms with Crippen molar-refractivity contribution in [1.82, 2.24) is 15.5 Å². The number of carbonyl (C=O) groups excluding carboxylic acids is 2. The number of anilines is 1. The lowest BCUT2D eigenvalue weighted by molar-refractivity contribution is -0.118. The standard InChI is InChI=1S/C26H22N4O5S/c1-33-19-9-5-8-17(13-19)23(31)27-20(12-16-6-3-2-4-7-16)24(32)28-26-30-29-25(36-26)18-10-11-21-22(14-18)35-15-34-21/h2-11,13-14,20H,12,15H2,1H3,(H,27,31)(H,28,30,32). The number of hydrogen-bond acceptors (Lipinski definition) is 8. The summed E-state index contributed by atoms with van der Waals surface area (Å²) in [5.41, 5.74) is 2.09. The Morgan fingerprint density at radius 3 is 2.67 bits per heavy atom. The van der Waals surface area contributed by atoms with Gasteiger partial charge in [0.25, 0.3) is 5.91 Å². The highest BCUT2D eigenvalue weighted by Crippen LogP contribution is 2.37. The van der Waals surface area contributed by atoms with Crippen molar-refractivity contribution in [1.29, 1.82) is 0 Å². The lowest BCUT2D eigenvalue weighted by Gasteiger charge is -2.18. The van der Waals surface area contributed by atoms with Crippen LogP contribution >= 0.6 is 11.3 Å². The Balaban J connectivity index is 1.33. The molecule has 1 aliphatic heterocycles. The zero-order chi connectivity index (χ0) is 24.9. The summed E-state index contributed by atoms with van der Waals surface area (Å²) < 4.78 is 16.0. The second kappa shape index (κ2) is 10.4. The average Bonchev–Trinajstić information content (AvgIpc) is 3.58. The van der Waals surface area contributed by atoms with Crippen LogP contribution < -0.4 is 24.8 Å². The summed E-state index contributed by atoms with van der Waals surface area (Å²) in [5.74, 6) is 1.08. The van der Waals surface area contributed by atoms with Gasteiger partial charge in [0.15, 0.2) is 11.5 Å². The van der Waals surface area contributed by atoms with Gasteiger partial charge < -0.3 is 19.5 Å². The predicted octanol–water partition coefficient (Wildman–Crippen LogP) is 3.92. The number of ether oxygens (including phenoxy) is 3. The fraction of sp³-hybridized carbons (Fsp3) is 0.154. The maximum atomic E-state index is 13.3. The van der Waals surface area contributed by atoms with Crippen LogP contribution in [0, 0.1) is 0 Å². The first-order chi connectivity index (χ1) is 17.6. The van der Waals surface area contributed by atoms with Crippen molar-refractivity contribution in [2.45, 2.75) is 12.5 Å². The molecule has 0 radical (unpaired) electrons. The fourth-order valence-electron chi connectivity index (χ4n) is 3.68. The normalized spacial score (nSPS) is 12.6. The first kappa shape index (κ1) is 23.3. The fourth-order valence-corrected chi connectivity index (χ4v) is 4.42. The van der Waals surface area contributed by atoms with Crippen LogP contribution in [0.1, 0.15) is 15.9 Å². The summed E-state index contributed by atoms with van der Waals surface area (Å²) in [6.07, 6.45) is 0.302. The second-order valence-electron chi connectivity index (χ2n) is 7.92. The molecule has 1 unspecified atom stereocenters. The number of aromatic nitrogens is 2. The molecule has 2 heterocycles. The van der Waals surface area contributed by atoms with Crippen molar-refractivity contribution in [2.75, 3.05) is 19.2 Å². The van der Waals surface area contributed by atoms with Crippen molar-refractivity contribution in [3.05, 3.63) is 83.9 Å². The minimum absolute atomic E-state index is 0.181. The van der Waals surface area contributed by atoms with E-state index in [4.69, 9.17) is 14.2 Å². The van der Waals surface area contributed by atoms with E-state index in [1.807, 2.05) is 42.5 Å². The molecule has 4 aromatic rings. The summed E-state index contributed by atoms with van der Waals surface area (Å²) in [6.45, 7) is 0.181. The van der Waals surface area contributed by atoms with Crippen LogP contribution in [-0.4, -0.2) is 42.0 Å². The number of benzene rings is 3. The molecule has 1 aromatic heterocycles. The molecule has 1 atom stereocenters. The molecular weight excluding hydrogens is 480 g/mol. The quantitative estimate of drug-likeness (QED) is 0.376. The first-order valence-corrected chi connectivity index (χ1v) is 11.9. The first-order valence-electron chi connectivity index (χ1n) is 11.1. The van der Waals surface area contributed by atoms with E-state index in [1.165, 1.54) is 18.4 Å². The Morgan fingerprint density at radius 1 is 1.00 bits per heavy atom. The molecule has 5 rings (SSSR count). The van der Waals surface area contributed by atoms with Gasteiger partial charge in [0.05, 0.1) is 7.11 Å². The molecule has 36 heavy (non-hydrogen) atoms. The van der Waals surface area contributed by atoms with Gasteiger partial charge in [-0.15, -0.1) is 10.2 Å². The molecule has 0 fully saturated rings. The van der Waals surface area contributed by atoms with E-state index in [2.05, 4.69) is 20.8 Å². The van der Waals surface area contributed by atoms with E-state index in [0.717, 1.165) is 11.1 Å². The van der Waals surface area contributed by atoms with E-state index in [1.54, 1.807) is 30.3 Å². The van der Waals surface area contributed by atoms with Crippen LogP contribution in [0.2, 0.25) is 0 Å². The lowest BCUT2D eigenvalue weighted by Crippen LogP contribution is -2.45. The summed E-state index contributed by atoms with van der Waals surface area (Å²) in [7, 11) is 1.53. The summed E-state index contributed by atoms with van der Waals surface area (Å²) in [5, 5.41) is 14.9. The Labute approximate surface area is 211 Å². The van der Waals surface area contributed by atoms with Crippen LogP contribution in [0.3, 0.4) is 0 Å². The average molecular weight is 503 g/mol. The number of nitrogens with one attached hydrogen (secondary N) is 2. The Hall–Kier alpha value is -4.44. The second-order valence-corrected chi connectivity index (χ2v) is 8.89. The highest BCUT2D eigenvalue weighted by atomic mass is 32.1. The number of amides is 2. The third kappa shape index (κ3) is 5.28. The lowest BCUT2D eigenvalue weighted by atomic mass is 10.0. The molecule has 3 aromatic carbocycles. The molecular formula is C26H22N4O5S. The van der Waals surface area contributed by atoms with Crippen LogP contribution in [0.25, 0.3) is 10.6 Å². The Morgan fingerprint density at radius 2 is 1.83 bits per heavy atom. The highest BCUT2D eigenvalue weighted by Gasteiger charge is 2.24.